The van der Waals surface area contributed by atoms with Crippen molar-refractivity contribution in [2.45, 2.75) is 26.7 Å². The summed E-state index contributed by atoms with van der Waals surface area (Å²) in [5.41, 5.74) is 0.0353. The van der Waals surface area contributed by atoms with Gasteiger partial charge in [-0.25, -0.2) is 4.98 Å². The number of ketones is 3. The number of fused-ring (bicyclic) bond motifs is 2. The smallest absolute Gasteiger partial charge is 0.207 e. The lowest BCUT2D eigenvalue weighted by Crippen LogP contribution is -2.29. The van der Waals surface area contributed by atoms with Gasteiger partial charge in [0.05, 0.1) is 16.3 Å². The van der Waals surface area contributed by atoms with Gasteiger partial charge in [0.15, 0.2) is 11.5 Å². The van der Waals surface area contributed by atoms with Crippen LogP contribution in [0.15, 0.2) is 24.2 Å². The molecular formula is C18H13Br2NO5. The van der Waals surface area contributed by atoms with Crippen molar-refractivity contribution in [1.82, 2.24) is 4.98 Å². The van der Waals surface area contributed by atoms with Crippen LogP contribution in [0.1, 0.15) is 48.5 Å². The van der Waals surface area contributed by atoms with Crippen molar-refractivity contribution in [3.05, 3.63) is 42.3 Å². The molecule has 3 rings (SSSR count). The minimum atomic E-state index is -0.877. The predicted molar refractivity (Wildman–Crippen MR) is 102 cm³/mol. The van der Waals surface area contributed by atoms with Crippen LogP contribution in [0.3, 0.4) is 0 Å². The monoisotopic (exact) mass is 481 g/mol. The molecule has 6 nitrogen and oxygen atoms in total. The third-order valence-corrected chi connectivity index (χ3v) is 5.60. The number of Topliss-reactive ketones (excluding diaryl/α,β-unsaturated/α-hetero) is 3. The van der Waals surface area contributed by atoms with Crippen LogP contribution in [0.4, 0.5) is 0 Å². The summed E-state index contributed by atoms with van der Waals surface area (Å²) >= 11 is 6.49. The Morgan fingerprint density at radius 2 is 1.69 bits per heavy atom. The fourth-order valence-electron chi connectivity index (χ4n) is 3.16. The molecule has 0 aromatic carbocycles. The van der Waals surface area contributed by atoms with Crippen LogP contribution in [0.25, 0.3) is 17.5 Å². The molecule has 1 aliphatic heterocycles. The highest BCUT2D eigenvalue weighted by atomic mass is 79.9. The number of aromatic nitrogens is 1. The van der Waals surface area contributed by atoms with E-state index < -0.39 is 23.0 Å². The molecule has 0 aromatic rings. The standard InChI is InChI=1S/C18H13Br2NO5/c1-6(22)13-9(19)4-11-17(14(13)7(2)23)26-18-12(21-11)5-10(20)16(25)15(18)8(3)24/h4-5,13-14H,1-3H3. The van der Waals surface area contributed by atoms with Crippen LogP contribution in [-0.4, -0.2) is 22.3 Å². The summed E-state index contributed by atoms with van der Waals surface area (Å²) in [6.07, 6.45) is 1.62. The van der Waals surface area contributed by atoms with E-state index in [1.165, 1.54) is 26.8 Å². The second-order valence-corrected chi connectivity index (χ2v) is 7.91. The molecule has 26 heavy (non-hydrogen) atoms. The maximum atomic E-state index is 12.3. The SMILES string of the molecule is CC(=O)c1c2oc3c(nc-2cc(Br)c1=O)C=C(Br)C(C(C)=O)C3C(C)=O. The third-order valence-electron chi connectivity index (χ3n) is 4.29. The summed E-state index contributed by atoms with van der Waals surface area (Å²) in [7, 11) is 0. The zero-order valence-electron chi connectivity index (χ0n) is 14.1. The minimum Gasteiger partial charge on any atom is -0.455 e. The molecule has 134 valence electrons. The van der Waals surface area contributed by atoms with Gasteiger partial charge in [0.2, 0.25) is 5.43 Å². The molecule has 2 unspecified atom stereocenters. The van der Waals surface area contributed by atoms with Crippen molar-refractivity contribution >= 4 is 55.3 Å². The molecule has 0 fully saturated rings. The van der Waals surface area contributed by atoms with E-state index in [1.54, 1.807) is 6.08 Å². The number of rotatable bonds is 3. The highest BCUT2D eigenvalue weighted by Crippen LogP contribution is 2.43. The van der Waals surface area contributed by atoms with Gasteiger partial charge in [-0.15, -0.1) is 0 Å². The van der Waals surface area contributed by atoms with Crippen molar-refractivity contribution in [3.8, 4) is 11.5 Å². The second-order valence-electron chi connectivity index (χ2n) is 6.14. The van der Waals surface area contributed by atoms with Crippen LogP contribution in [0.5, 0.6) is 0 Å². The van der Waals surface area contributed by atoms with Crippen LogP contribution < -0.4 is 5.43 Å². The van der Waals surface area contributed by atoms with Gasteiger partial charge in [-0.2, -0.15) is 0 Å². The Labute approximate surface area is 165 Å². The van der Waals surface area contributed by atoms with Crippen molar-refractivity contribution in [3.63, 3.8) is 0 Å². The summed E-state index contributed by atoms with van der Waals surface area (Å²) < 4.78 is 6.60. The van der Waals surface area contributed by atoms with E-state index in [4.69, 9.17) is 4.42 Å². The van der Waals surface area contributed by atoms with Gasteiger partial charge >= 0.3 is 0 Å². The van der Waals surface area contributed by atoms with Crippen molar-refractivity contribution in [1.29, 1.82) is 0 Å². The average Bonchev–Trinajstić information content (AvgIpc) is 2.52. The predicted octanol–water partition coefficient (Wildman–Crippen LogP) is 3.73. The first kappa shape index (κ1) is 18.8. The van der Waals surface area contributed by atoms with E-state index in [0.717, 1.165) is 0 Å². The Balaban J connectivity index is 2.43. The van der Waals surface area contributed by atoms with Gasteiger partial charge in [0.1, 0.15) is 34.3 Å². The van der Waals surface area contributed by atoms with E-state index in [0.29, 0.717) is 15.9 Å². The number of hydrogen-bond donors (Lipinski definition) is 0. The van der Waals surface area contributed by atoms with Crippen LogP contribution >= 0.6 is 31.9 Å². The zero-order valence-corrected chi connectivity index (χ0v) is 17.2. The van der Waals surface area contributed by atoms with Gasteiger partial charge in [0, 0.05) is 4.48 Å². The number of halogens is 2. The molecule has 0 amide bonds. The zero-order chi connectivity index (χ0) is 19.3. The largest absolute Gasteiger partial charge is 0.455 e. The van der Waals surface area contributed by atoms with Crippen molar-refractivity contribution in [2.75, 3.05) is 0 Å². The van der Waals surface area contributed by atoms with E-state index in [1.807, 2.05) is 0 Å². The Hall–Kier alpha value is -1.93. The van der Waals surface area contributed by atoms with E-state index in [-0.39, 0.29) is 33.1 Å². The van der Waals surface area contributed by atoms with E-state index in [9.17, 15) is 19.2 Å². The highest BCUT2D eigenvalue weighted by molar-refractivity contribution is 9.11. The number of carbonyl (C=O) groups is 3. The Kier molecular flexibility index (Phi) is 4.83. The molecule has 2 atom stereocenters. The Morgan fingerprint density at radius 3 is 2.23 bits per heavy atom. The summed E-state index contributed by atoms with van der Waals surface area (Å²) in [5.74, 6) is -2.36. The molecule has 0 radical (unpaired) electrons. The molecule has 0 saturated heterocycles. The normalized spacial score (nSPS) is 19.0. The molecular weight excluding hydrogens is 470 g/mol. The molecule has 2 aliphatic carbocycles. The molecule has 0 N–H and O–H groups in total. The van der Waals surface area contributed by atoms with Gasteiger partial charge in [-0.3, -0.25) is 19.2 Å². The van der Waals surface area contributed by atoms with Crippen LogP contribution in [0, 0.1) is 5.92 Å². The lowest BCUT2D eigenvalue weighted by molar-refractivity contribution is -0.126. The summed E-state index contributed by atoms with van der Waals surface area (Å²) in [6.45, 7) is 4.01. The lowest BCUT2D eigenvalue weighted by atomic mass is 9.80. The summed E-state index contributed by atoms with van der Waals surface area (Å²) in [5, 5.41) is 0. The number of allylic oxidation sites excluding steroid dienone is 1. The average molecular weight is 483 g/mol. The second kappa shape index (κ2) is 6.66. The number of benzene rings is 1. The molecule has 0 spiro atoms. The van der Waals surface area contributed by atoms with Crippen molar-refractivity contribution in [2.24, 2.45) is 5.92 Å². The number of nitrogens with zero attached hydrogens (tertiary/aromatic N) is 1. The molecule has 0 bridgehead atoms. The highest BCUT2D eigenvalue weighted by Gasteiger charge is 2.40. The summed E-state index contributed by atoms with van der Waals surface area (Å²) in [4.78, 5) is 53.1. The Bertz CT molecular complexity index is 1040. The van der Waals surface area contributed by atoms with E-state index >= 15 is 0 Å². The fraction of sp³-hybridized carbons (Fsp3) is 0.278. The molecule has 3 aliphatic rings. The molecule has 1 heterocycles. The minimum absolute atomic E-state index is 0.0180. The van der Waals surface area contributed by atoms with Gasteiger partial charge < -0.3 is 4.42 Å². The molecule has 0 aromatic heterocycles. The maximum absolute atomic E-state index is 12.3. The molecule has 8 heteroatoms. The first-order valence-electron chi connectivity index (χ1n) is 7.69. The first-order valence-corrected chi connectivity index (χ1v) is 9.28. The third kappa shape index (κ3) is 2.91. The van der Waals surface area contributed by atoms with Crippen LogP contribution in [0.2, 0.25) is 0 Å². The first-order chi connectivity index (χ1) is 12.1. The number of carbonyl (C=O) groups excluding carboxylic acids is 3. The fourth-order valence-corrected chi connectivity index (χ4v) is 4.38. The van der Waals surface area contributed by atoms with Crippen LogP contribution in [-0.2, 0) is 9.59 Å². The topological polar surface area (TPSA) is 94.3 Å². The maximum Gasteiger partial charge on any atom is 0.207 e. The lowest BCUT2D eigenvalue weighted by Gasteiger charge is -2.28. The quantitative estimate of drug-likeness (QED) is 0.618. The van der Waals surface area contributed by atoms with Gasteiger partial charge in [0.25, 0.3) is 0 Å². The van der Waals surface area contributed by atoms with Gasteiger partial charge in [-0.05, 0) is 48.8 Å². The van der Waals surface area contributed by atoms with E-state index in [2.05, 4.69) is 36.8 Å². The molecule has 0 saturated carbocycles. The Morgan fingerprint density at radius 1 is 1.08 bits per heavy atom. The number of hydrogen-bond acceptors (Lipinski definition) is 6. The van der Waals surface area contributed by atoms with Crippen molar-refractivity contribution < 1.29 is 18.8 Å². The summed E-state index contributed by atoms with van der Waals surface area (Å²) in [6, 6.07) is 1.47. The van der Waals surface area contributed by atoms with Gasteiger partial charge in [-0.1, -0.05) is 15.9 Å².